The highest BCUT2D eigenvalue weighted by Gasteiger charge is 2.12. The predicted molar refractivity (Wildman–Crippen MR) is 92.3 cm³/mol. The lowest BCUT2D eigenvalue weighted by Gasteiger charge is -2.13. The molecule has 3 aromatic rings. The van der Waals surface area contributed by atoms with Crippen LogP contribution < -0.4 is 10.1 Å². The third-order valence-corrected chi connectivity index (χ3v) is 3.70. The monoisotopic (exact) mass is 341 g/mol. The molecule has 0 fully saturated rings. The Labute approximate surface area is 143 Å². The minimum atomic E-state index is -0.498. The quantitative estimate of drug-likeness (QED) is 0.722. The molecular weight excluding hydrogens is 329 g/mol. The second kappa shape index (κ2) is 6.73. The van der Waals surface area contributed by atoms with Crippen LogP contribution in [0.25, 0.3) is 10.9 Å². The van der Waals surface area contributed by atoms with E-state index in [1.54, 1.807) is 24.3 Å². The molecule has 120 valence electrons. The van der Waals surface area contributed by atoms with Gasteiger partial charge in [-0.1, -0.05) is 11.6 Å². The number of rotatable bonds is 4. The van der Waals surface area contributed by atoms with Crippen LogP contribution in [0.4, 0.5) is 15.8 Å². The first kappa shape index (κ1) is 16.0. The SMILES string of the molecule is CCOc1ccc2c(Nc3ccc(Cl)cc3F)c(C#N)cnc2c1. The van der Waals surface area contributed by atoms with Gasteiger partial charge >= 0.3 is 0 Å². The molecule has 0 unspecified atom stereocenters. The molecule has 0 bridgehead atoms. The molecule has 0 radical (unpaired) electrons. The summed E-state index contributed by atoms with van der Waals surface area (Å²) in [7, 11) is 0. The number of ether oxygens (including phenoxy) is 1. The number of nitrogens with one attached hydrogen (secondary N) is 1. The van der Waals surface area contributed by atoms with Crippen LogP contribution >= 0.6 is 11.6 Å². The van der Waals surface area contributed by atoms with Gasteiger partial charge in [0.1, 0.15) is 17.6 Å². The van der Waals surface area contributed by atoms with Gasteiger partial charge < -0.3 is 10.1 Å². The van der Waals surface area contributed by atoms with E-state index in [4.69, 9.17) is 16.3 Å². The third kappa shape index (κ3) is 3.10. The molecule has 2 aromatic carbocycles. The molecule has 1 N–H and O–H groups in total. The molecule has 3 rings (SSSR count). The Morgan fingerprint density at radius 3 is 2.83 bits per heavy atom. The molecule has 6 heteroatoms. The van der Waals surface area contributed by atoms with E-state index in [1.165, 1.54) is 18.3 Å². The van der Waals surface area contributed by atoms with Crippen LogP contribution in [0.3, 0.4) is 0 Å². The normalized spacial score (nSPS) is 10.4. The number of hydrogen-bond acceptors (Lipinski definition) is 4. The summed E-state index contributed by atoms with van der Waals surface area (Å²) in [5.74, 6) is 0.188. The van der Waals surface area contributed by atoms with Gasteiger partial charge in [-0.2, -0.15) is 5.26 Å². The summed E-state index contributed by atoms with van der Waals surface area (Å²) in [5.41, 5.74) is 1.70. The summed E-state index contributed by atoms with van der Waals surface area (Å²) in [6.45, 7) is 2.44. The van der Waals surface area contributed by atoms with Gasteiger partial charge in [-0.3, -0.25) is 4.98 Å². The number of benzene rings is 2. The number of hydrogen-bond donors (Lipinski definition) is 1. The first-order valence-electron chi connectivity index (χ1n) is 7.30. The summed E-state index contributed by atoms with van der Waals surface area (Å²) in [6, 6.07) is 11.8. The third-order valence-electron chi connectivity index (χ3n) is 3.46. The highest BCUT2D eigenvalue weighted by Crippen LogP contribution is 2.32. The molecule has 1 heterocycles. The molecule has 1 aromatic heterocycles. The smallest absolute Gasteiger partial charge is 0.148 e. The molecular formula is C18H13ClFN3O. The maximum Gasteiger partial charge on any atom is 0.148 e. The first-order chi connectivity index (χ1) is 11.6. The van der Waals surface area contributed by atoms with Gasteiger partial charge in [-0.05, 0) is 37.3 Å². The van der Waals surface area contributed by atoms with Crippen LogP contribution in [0.15, 0.2) is 42.6 Å². The van der Waals surface area contributed by atoms with Crippen LogP contribution in [0.2, 0.25) is 5.02 Å². The van der Waals surface area contributed by atoms with Gasteiger partial charge in [0.05, 0.1) is 29.1 Å². The average Bonchev–Trinajstić information content (AvgIpc) is 2.57. The topological polar surface area (TPSA) is 57.9 Å². The zero-order valence-corrected chi connectivity index (χ0v) is 13.6. The molecule has 0 aliphatic heterocycles. The zero-order valence-electron chi connectivity index (χ0n) is 12.8. The Morgan fingerprint density at radius 1 is 1.29 bits per heavy atom. The Hall–Kier alpha value is -2.84. The summed E-state index contributed by atoms with van der Waals surface area (Å²) < 4.78 is 19.5. The Kier molecular flexibility index (Phi) is 4.50. The number of halogens is 2. The molecule has 0 atom stereocenters. The van der Waals surface area contributed by atoms with Crippen LogP contribution in [0, 0.1) is 17.1 Å². The van der Waals surface area contributed by atoms with Crippen molar-refractivity contribution in [3.63, 3.8) is 0 Å². The fourth-order valence-electron chi connectivity index (χ4n) is 2.37. The van der Waals surface area contributed by atoms with Crippen molar-refractivity contribution < 1.29 is 9.13 Å². The number of aromatic nitrogens is 1. The lowest BCUT2D eigenvalue weighted by molar-refractivity contribution is 0.340. The maximum absolute atomic E-state index is 14.1. The Balaban J connectivity index is 2.12. The lowest BCUT2D eigenvalue weighted by Crippen LogP contribution is -1.99. The molecule has 0 aliphatic rings. The van der Waals surface area contributed by atoms with Gasteiger partial charge in [-0.15, -0.1) is 0 Å². The number of anilines is 2. The van der Waals surface area contributed by atoms with Gasteiger partial charge in [-0.25, -0.2) is 4.39 Å². The number of pyridine rings is 1. The summed E-state index contributed by atoms with van der Waals surface area (Å²) in [4.78, 5) is 4.28. The molecule has 0 amide bonds. The van der Waals surface area contributed by atoms with E-state index in [0.29, 0.717) is 39.5 Å². The minimum Gasteiger partial charge on any atom is -0.494 e. The van der Waals surface area contributed by atoms with Crippen molar-refractivity contribution in [1.29, 1.82) is 5.26 Å². The molecule has 0 saturated heterocycles. The highest BCUT2D eigenvalue weighted by molar-refractivity contribution is 6.30. The highest BCUT2D eigenvalue weighted by atomic mass is 35.5. The van der Waals surface area contributed by atoms with Gasteiger partial charge in [0.2, 0.25) is 0 Å². The van der Waals surface area contributed by atoms with E-state index in [2.05, 4.69) is 16.4 Å². The number of nitriles is 1. The van der Waals surface area contributed by atoms with Gasteiger partial charge in [0.15, 0.2) is 0 Å². The largest absolute Gasteiger partial charge is 0.494 e. The van der Waals surface area contributed by atoms with Crippen molar-refractivity contribution in [2.24, 2.45) is 0 Å². The van der Waals surface area contributed by atoms with E-state index in [-0.39, 0.29) is 5.69 Å². The van der Waals surface area contributed by atoms with Crippen molar-refractivity contribution in [3.8, 4) is 11.8 Å². The maximum atomic E-state index is 14.1. The molecule has 0 aliphatic carbocycles. The van der Waals surface area contributed by atoms with E-state index in [0.717, 1.165) is 0 Å². The van der Waals surface area contributed by atoms with Crippen molar-refractivity contribution in [3.05, 3.63) is 59.0 Å². The second-order valence-electron chi connectivity index (χ2n) is 5.02. The second-order valence-corrected chi connectivity index (χ2v) is 5.46. The van der Waals surface area contributed by atoms with E-state index in [1.807, 2.05) is 6.92 Å². The van der Waals surface area contributed by atoms with Crippen LogP contribution in [0.1, 0.15) is 12.5 Å². The first-order valence-corrected chi connectivity index (χ1v) is 7.68. The van der Waals surface area contributed by atoms with Crippen LogP contribution in [-0.4, -0.2) is 11.6 Å². The summed E-state index contributed by atoms with van der Waals surface area (Å²) in [5, 5.41) is 13.3. The molecule has 0 saturated carbocycles. The lowest BCUT2D eigenvalue weighted by atomic mass is 10.1. The fraction of sp³-hybridized carbons (Fsp3) is 0.111. The molecule has 24 heavy (non-hydrogen) atoms. The van der Waals surface area contributed by atoms with E-state index < -0.39 is 5.82 Å². The van der Waals surface area contributed by atoms with Gasteiger partial charge in [0, 0.05) is 22.7 Å². The summed E-state index contributed by atoms with van der Waals surface area (Å²) >= 11 is 5.78. The standard InChI is InChI=1S/C18H13ClFN3O/c1-2-24-13-4-5-14-17(8-13)22-10-11(9-21)18(14)23-16-6-3-12(19)7-15(16)20/h3-8,10H,2H2,1H3,(H,22,23). The van der Waals surface area contributed by atoms with Gasteiger partial charge in [0.25, 0.3) is 0 Å². The fourth-order valence-corrected chi connectivity index (χ4v) is 2.53. The van der Waals surface area contributed by atoms with Crippen molar-refractivity contribution in [2.75, 3.05) is 11.9 Å². The molecule has 4 nitrogen and oxygen atoms in total. The van der Waals surface area contributed by atoms with Crippen LogP contribution in [-0.2, 0) is 0 Å². The number of nitrogens with zero attached hydrogens (tertiary/aromatic N) is 2. The molecule has 0 spiro atoms. The predicted octanol–water partition coefficient (Wildman–Crippen LogP) is 5.04. The Morgan fingerprint density at radius 2 is 2.12 bits per heavy atom. The van der Waals surface area contributed by atoms with Crippen molar-refractivity contribution in [2.45, 2.75) is 6.92 Å². The summed E-state index contributed by atoms with van der Waals surface area (Å²) in [6.07, 6.45) is 1.45. The van der Waals surface area contributed by atoms with E-state index in [9.17, 15) is 9.65 Å². The number of fused-ring (bicyclic) bond motifs is 1. The van der Waals surface area contributed by atoms with Crippen molar-refractivity contribution in [1.82, 2.24) is 4.98 Å². The average molecular weight is 342 g/mol. The Bertz CT molecular complexity index is 953. The zero-order chi connectivity index (χ0) is 17.1. The van der Waals surface area contributed by atoms with Crippen LogP contribution in [0.5, 0.6) is 5.75 Å². The van der Waals surface area contributed by atoms with Crippen molar-refractivity contribution >= 4 is 33.9 Å². The minimum absolute atomic E-state index is 0.234. The van der Waals surface area contributed by atoms with E-state index >= 15 is 0 Å².